The zero-order valence-electron chi connectivity index (χ0n) is 16.5. The predicted molar refractivity (Wildman–Crippen MR) is 113 cm³/mol. The molecule has 8 heteroatoms. The molecule has 28 heavy (non-hydrogen) atoms. The van der Waals surface area contributed by atoms with Gasteiger partial charge in [0.2, 0.25) is 0 Å². The number of thiophene rings is 1. The zero-order valence-corrected chi connectivity index (χ0v) is 17.3. The highest BCUT2D eigenvalue weighted by Crippen LogP contribution is 2.26. The SMILES string of the molecule is CN=C(NCCOc1cccnc1)NCC(c1cccs1)N1CCOC(C)C1. The third-order valence-electron chi connectivity index (χ3n) is 4.57. The van der Waals surface area contributed by atoms with E-state index < -0.39 is 0 Å². The molecular formula is C20H29N5O2S. The van der Waals surface area contributed by atoms with Crippen LogP contribution in [0.3, 0.4) is 0 Å². The first-order valence-corrected chi connectivity index (χ1v) is 10.5. The van der Waals surface area contributed by atoms with Crippen LogP contribution in [0.5, 0.6) is 5.75 Å². The summed E-state index contributed by atoms with van der Waals surface area (Å²) in [4.78, 5) is 12.2. The Morgan fingerprint density at radius 3 is 3.07 bits per heavy atom. The molecule has 0 aliphatic carbocycles. The fourth-order valence-electron chi connectivity index (χ4n) is 3.20. The second-order valence-corrected chi connectivity index (χ2v) is 7.60. The highest BCUT2D eigenvalue weighted by atomic mass is 32.1. The van der Waals surface area contributed by atoms with Gasteiger partial charge in [-0.1, -0.05) is 6.07 Å². The van der Waals surface area contributed by atoms with Crippen LogP contribution < -0.4 is 15.4 Å². The van der Waals surface area contributed by atoms with Crippen molar-refractivity contribution in [3.63, 3.8) is 0 Å². The molecule has 1 saturated heterocycles. The summed E-state index contributed by atoms with van der Waals surface area (Å²) in [6.07, 6.45) is 3.70. The number of aromatic nitrogens is 1. The number of hydrogen-bond acceptors (Lipinski definition) is 6. The van der Waals surface area contributed by atoms with Gasteiger partial charge in [0, 0.05) is 37.8 Å². The van der Waals surface area contributed by atoms with Crippen molar-refractivity contribution in [3.05, 3.63) is 46.9 Å². The van der Waals surface area contributed by atoms with Crippen molar-refractivity contribution in [1.82, 2.24) is 20.5 Å². The van der Waals surface area contributed by atoms with Gasteiger partial charge in [0.25, 0.3) is 0 Å². The van der Waals surface area contributed by atoms with E-state index in [1.165, 1.54) is 4.88 Å². The van der Waals surface area contributed by atoms with Crippen LogP contribution in [0.2, 0.25) is 0 Å². The van der Waals surface area contributed by atoms with Gasteiger partial charge in [0.15, 0.2) is 5.96 Å². The average Bonchev–Trinajstić information content (AvgIpc) is 3.25. The molecule has 0 aromatic carbocycles. The Bertz CT molecular complexity index is 711. The molecule has 0 bridgehead atoms. The number of rotatable bonds is 8. The van der Waals surface area contributed by atoms with E-state index in [1.54, 1.807) is 30.8 Å². The van der Waals surface area contributed by atoms with Crippen LogP contribution in [0.25, 0.3) is 0 Å². The summed E-state index contributed by atoms with van der Waals surface area (Å²) >= 11 is 1.80. The van der Waals surface area contributed by atoms with Gasteiger partial charge >= 0.3 is 0 Å². The van der Waals surface area contributed by atoms with Gasteiger partial charge < -0.3 is 20.1 Å². The van der Waals surface area contributed by atoms with E-state index in [2.05, 4.69) is 49.9 Å². The van der Waals surface area contributed by atoms with Gasteiger partial charge in [-0.05, 0) is 30.5 Å². The van der Waals surface area contributed by atoms with Crippen molar-refractivity contribution in [2.75, 3.05) is 46.4 Å². The molecule has 3 rings (SSSR count). The maximum atomic E-state index is 5.71. The van der Waals surface area contributed by atoms with E-state index in [-0.39, 0.29) is 6.10 Å². The lowest BCUT2D eigenvalue weighted by Gasteiger charge is -2.37. The number of ether oxygens (including phenoxy) is 2. The summed E-state index contributed by atoms with van der Waals surface area (Å²) in [7, 11) is 1.79. The van der Waals surface area contributed by atoms with Gasteiger partial charge in [-0.25, -0.2) is 0 Å². The van der Waals surface area contributed by atoms with Gasteiger partial charge in [0.05, 0.1) is 31.5 Å². The molecule has 152 valence electrons. The van der Waals surface area contributed by atoms with E-state index >= 15 is 0 Å². The summed E-state index contributed by atoms with van der Waals surface area (Å²) in [5.41, 5.74) is 0. The van der Waals surface area contributed by atoms with Crippen molar-refractivity contribution in [2.45, 2.75) is 19.1 Å². The van der Waals surface area contributed by atoms with Crippen LogP contribution >= 0.6 is 11.3 Å². The van der Waals surface area contributed by atoms with Crippen LogP contribution in [0.15, 0.2) is 47.0 Å². The lowest BCUT2D eigenvalue weighted by molar-refractivity contribution is -0.0334. The fraction of sp³-hybridized carbons (Fsp3) is 0.500. The molecule has 1 aliphatic heterocycles. The fourth-order valence-corrected chi connectivity index (χ4v) is 4.06. The number of hydrogen-bond donors (Lipinski definition) is 2. The molecule has 2 N–H and O–H groups in total. The van der Waals surface area contributed by atoms with Gasteiger partial charge in [-0.15, -0.1) is 11.3 Å². The maximum Gasteiger partial charge on any atom is 0.191 e. The normalized spacial score (nSPS) is 19.2. The molecule has 2 aromatic rings. The highest BCUT2D eigenvalue weighted by molar-refractivity contribution is 7.10. The number of pyridine rings is 1. The molecular weight excluding hydrogens is 374 g/mol. The Hall–Kier alpha value is -2.16. The van der Waals surface area contributed by atoms with Crippen molar-refractivity contribution in [3.8, 4) is 5.75 Å². The maximum absolute atomic E-state index is 5.71. The van der Waals surface area contributed by atoms with Crippen molar-refractivity contribution in [2.24, 2.45) is 4.99 Å². The molecule has 2 aromatic heterocycles. The Kier molecular flexibility index (Phi) is 8.07. The number of nitrogens with one attached hydrogen (secondary N) is 2. The highest BCUT2D eigenvalue weighted by Gasteiger charge is 2.26. The minimum Gasteiger partial charge on any atom is -0.490 e. The second kappa shape index (κ2) is 11.0. The third kappa shape index (κ3) is 6.19. The van der Waals surface area contributed by atoms with E-state index in [1.807, 2.05) is 12.1 Å². The van der Waals surface area contributed by atoms with Crippen LogP contribution in [0.4, 0.5) is 0 Å². The standard InChI is InChI=1S/C20H29N5O2S/c1-16-15-25(9-11-26-16)18(19-6-4-12-28-19)14-24-20(21-2)23-8-10-27-17-5-3-7-22-13-17/h3-7,12-13,16,18H,8-11,14-15H2,1-2H3,(H2,21,23,24). The Morgan fingerprint density at radius 2 is 2.36 bits per heavy atom. The molecule has 1 fully saturated rings. The lowest BCUT2D eigenvalue weighted by atomic mass is 10.1. The Morgan fingerprint density at radius 1 is 1.43 bits per heavy atom. The molecule has 0 amide bonds. The van der Waals surface area contributed by atoms with E-state index in [4.69, 9.17) is 9.47 Å². The number of nitrogens with zero attached hydrogens (tertiary/aromatic N) is 3. The summed E-state index contributed by atoms with van der Waals surface area (Å²) in [6.45, 7) is 6.79. The van der Waals surface area contributed by atoms with Gasteiger partial charge in [-0.2, -0.15) is 0 Å². The molecule has 0 saturated carbocycles. The van der Waals surface area contributed by atoms with Crippen molar-refractivity contribution in [1.29, 1.82) is 0 Å². The van der Waals surface area contributed by atoms with E-state index in [9.17, 15) is 0 Å². The second-order valence-electron chi connectivity index (χ2n) is 6.62. The van der Waals surface area contributed by atoms with Crippen LogP contribution in [-0.4, -0.2) is 68.4 Å². The first-order valence-electron chi connectivity index (χ1n) is 9.62. The summed E-state index contributed by atoms with van der Waals surface area (Å²) < 4.78 is 11.4. The van der Waals surface area contributed by atoms with Crippen LogP contribution in [-0.2, 0) is 4.74 Å². The summed E-state index contributed by atoms with van der Waals surface area (Å²) in [5.74, 6) is 1.55. The van der Waals surface area contributed by atoms with Gasteiger partial charge in [-0.3, -0.25) is 14.9 Å². The molecule has 2 unspecified atom stereocenters. The quantitative estimate of drug-likeness (QED) is 0.400. The number of guanidine groups is 1. The number of aliphatic imine (C=N–C) groups is 1. The lowest BCUT2D eigenvalue weighted by Crippen LogP contribution is -2.48. The third-order valence-corrected chi connectivity index (χ3v) is 5.54. The topological polar surface area (TPSA) is 71.0 Å². The van der Waals surface area contributed by atoms with E-state index in [0.29, 0.717) is 19.2 Å². The first-order chi connectivity index (χ1) is 13.8. The molecule has 0 radical (unpaired) electrons. The Balaban J connectivity index is 1.48. The molecule has 2 atom stereocenters. The Labute approximate surface area is 170 Å². The average molecular weight is 404 g/mol. The number of morpholine rings is 1. The van der Waals surface area contributed by atoms with Gasteiger partial charge in [0.1, 0.15) is 12.4 Å². The predicted octanol–water partition coefficient (Wildman–Crippen LogP) is 2.15. The van der Waals surface area contributed by atoms with E-state index in [0.717, 1.165) is 38.0 Å². The largest absolute Gasteiger partial charge is 0.490 e. The van der Waals surface area contributed by atoms with Crippen molar-refractivity contribution < 1.29 is 9.47 Å². The van der Waals surface area contributed by atoms with Crippen molar-refractivity contribution >= 4 is 17.3 Å². The van der Waals surface area contributed by atoms with Crippen LogP contribution in [0.1, 0.15) is 17.8 Å². The minimum atomic E-state index is 0.262. The molecule has 1 aliphatic rings. The minimum absolute atomic E-state index is 0.262. The molecule has 7 nitrogen and oxygen atoms in total. The molecule has 0 spiro atoms. The van der Waals surface area contributed by atoms with Crippen LogP contribution in [0, 0.1) is 0 Å². The first kappa shape index (κ1) is 20.6. The summed E-state index contributed by atoms with van der Waals surface area (Å²) in [6, 6.07) is 8.38. The smallest absolute Gasteiger partial charge is 0.191 e. The summed E-state index contributed by atoms with van der Waals surface area (Å²) in [5, 5.41) is 8.90. The monoisotopic (exact) mass is 403 g/mol. The molecule has 3 heterocycles. The zero-order chi connectivity index (χ0) is 19.6.